The quantitative estimate of drug-likeness (QED) is 0.710. The molecule has 0 spiro atoms. The van der Waals surface area contributed by atoms with Crippen LogP contribution in [0.1, 0.15) is 44.1 Å². The van der Waals surface area contributed by atoms with Crippen LogP contribution in [0.15, 0.2) is 18.2 Å². The Labute approximate surface area is 160 Å². The molecule has 1 saturated carbocycles. The lowest BCUT2D eigenvalue weighted by Gasteiger charge is -2.28. The molecular weight excluding hydrogens is 359 g/mol. The summed E-state index contributed by atoms with van der Waals surface area (Å²) in [6.07, 6.45) is 7.13. The van der Waals surface area contributed by atoms with Gasteiger partial charge in [-0.25, -0.2) is 0 Å². The smallest absolute Gasteiger partial charge is 0.250 e. The average molecular weight is 387 g/mol. The Balaban J connectivity index is 1.80. The monoisotopic (exact) mass is 386 g/mol. The number of nitrogens with one attached hydrogen (secondary N) is 1. The van der Waals surface area contributed by atoms with Gasteiger partial charge in [-0.2, -0.15) is 0 Å². The number of halogens is 2. The van der Waals surface area contributed by atoms with E-state index < -0.39 is 6.10 Å². The van der Waals surface area contributed by atoms with Crippen molar-refractivity contribution in [1.82, 2.24) is 5.32 Å². The molecule has 140 valence electrons. The average Bonchev–Trinajstić information content (AvgIpc) is 2.58. The van der Waals surface area contributed by atoms with Crippen LogP contribution in [-0.2, 0) is 16.0 Å². The van der Waals surface area contributed by atoms with Crippen molar-refractivity contribution in [1.29, 1.82) is 0 Å². The van der Waals surface area contributed by atoms with Gasteiger partial charge in [-0.05, 0) is 36.5 Å². The molecule has 0 radical (unpaired) electrons. The van der Waals surface area contributed by atoms with Gasteiger partial charge in [0.15, 0.2) is 6.10 Å². The van der Waals surface area contributed by atoms with Crippen molar-refractivity contribution in [2.75, 3.05) is 13.7 Å². The van der Waals surface area contributed by atoms with Crippen LogP contribution in [-0.4, -0.2) is 31.7 Å². The van der Waals surface area contributed by atoms with Gasteiger partial charge in [-0.15, -0.1) is 0 Å². The number of hydrogen-bond acceptors (Lipinski definition) is 3. The van der Waals surface area contributed by atoms with Crippen molar-refractivity contribution in [3.8, 4) is 0 Å². The highest BCUT2D eigenvalue weighted by molar-refractivity contribution is 6.35. The van der Waals surface area contributed by atoms with Crippen molar-refractivity contribution in [2.45, 2.75) is 57.1 Å². The fourth-order valence-electron chi connectivity index (χ4n) is 3.55. The molecule has 2 atom stereocenters. The van der Waals surface area contributed by atoms with Gasteiger partial charge in [0.1, 0.15) is 0 Å². The van der Waals surface area contributed by atoms with Crippen LogP contribution in [0.25, 0.3) is 0 Å². The van der Waals surface area contributed by atoms with Gasteiger partial charge < -0.3 is 15.8 Å². The van der Waals surface area contributed by atoms with Crippen LogP contribution in [0.5, 0.6) is 0 Å². The second-order valence-corrected chi connectivity index (χ2v) is 7.68. The first-order valence-corrected chi connectivity index (χ1v) is 9.77. The zero-order valence-electron chi connectivity index (χ0n) is 14.8. The van der Waals surface area contributed by atoms with Crippen LogP contribution in [0.3, 0.4) is 0 Å². The molecule has 0 bridgehead atoms. The molecule has 1 fully saturated rings. The highest BCUT2D eigenvalue weighted by Crippen LogP contribution is 2.27. The summed E-state index contributed by atoms with van der Waals surface area (Å²) in [5.74, 6) is 0.456. The van der Waals surface area contributed by atoms with Crippen LogP contribution in [0, 0.1) is 5.92 Å². The minimum Gasteiger partial charge on any atom is -0.370 e. The summed E-state index contributed by atoms with van der Waals surface area (Å²) in [5, 5.41) is 4.12. The van der Waals surface area contributed by atoms with Gasteiger partial charge in [0.25, 0.3) is 5.91 Å². The largest absolute Gasteiger partial charge is 0.370 e. The SMILES string of the molecule is COC(C(=O)NCCc1ccc(Cl)cc1Cl)C(N)CC1CCCCC1. The zero-order chi connectivity index (χ0) is 18.2. The second kappa shape index (κ2) is 10.4. The summed E-state index contributed by atoms with van der Waals surface area (Å²) in [6.45, 7) is 0.482. The molecule has 1 aromatic rings. The van der Waals surface area contributed by atoms with Crippen LogP contribution >= 0.6 is 23.2 Å². The number of amides is 1. The summed E-state index contributed by atoms with van der Waals surface area (Å²) in [4.78, 5) is 12.4. The van der Waals surface area contributed by atoms with E-state index in [-0.39, 0.29) is 11.9 Å². The molecule has 2 rings (SSSR count). The number of hydrogen-bond donors (Lipinski definition) is 2. The summed E-state index contributed by atoms with van der Waals surface area (Å²) in [7, 11) is 1.54. The van der Waals surface area contributed by atoms with Crippen molar-refractivity contribution in [3.05, 3.63) is 33.8 Å². The molecule has 3 N–H and O–H groups in total. The van der Waals surface area contributed by atoms with E-state index in [0.29, 0.717) is 28.9 Å². The van der Waals surface area contributed by atoms with Gasteiger partial charge >= 0.3 is 0 Å². The number of carbonyl (C=O) groups excluding carboxylic acids is 1. The molecular formula is C19H28Cl2N2O2. The predicted octanol–water partition coefficient (Wildman–Crippen LogP) is 3.96. The Hall–Kier alpha value is -0.810. The third kappa shape index (κ3) is 6.45. The van der Waals surface area contributed by atoms with Crippen molar-refractivity contribution in [2.24, 2.45) is 11.7 Å². The van der Waals surface area contributed by atoms with E-state index in [1.54, 1.807) is 19.2 Å². The van der Waals surface area contributed by atoms with Crippen LogP contribution in [0.2, 0.25) is 10.0 Å². The molecule has 4 nitrogen and oxygen atoms in total. The van der Waals surface area contributed by atoms with Crippen LogP contribution < -0.4 is 11.1 Å². The number of nitrogens with two attached hydrogens (primary N) is 1. The first-order valence-electron chi connectivity index (χ1n) is 9.01. The molecule has 6 heteroatoms. The Bertz CT molecular complexity index is 562. The fraction of sp³-hybridized carbons (Fsp3) is 0.632. The molecule has 1 aliphatic carbocycles. The third-order valence-electron chi connectivity index (χ3n) is 4.94. The number of carbonyl (C=O) groups is 1. The summed E-state index contributed by atoms with van der Waals surface area (Å²) in [6, 6.07) is 5.10. The molecule has 25 heavy (non-hydrogen) atoms. The standard InChI is InChI=1S/C19H28Cl2N2O2/c1-25-18(17(22)11-13-5-3-2-4-6-13)19(24)23-10-9-14-7-8-15(20)12-16(14)21/h7-8,12-13,17-18H,2-6,9-11,22H2,1H3,(H,23,24). The lowest BCUT2D eigenvalue weighted by atomic mass is 9.84. The molecule has 0 saturated heterocycles. The Morgan fingerprint density at radius 1 is 1.32 bits per heavy atom. The number of ether oxygens (including phenoxy) is 1. The van der Waals surface area contributed by atoms with Crippen molar-refractivity contribution < 1.29 is 9.53 Å². The van der Waals surface area contributed by atoms with E-state index in [1.807, 2.05) is 6.07 Å². The predicted molar refractivity (Wildman–Crippen MR) is 103 cm³/mol. The van der Waals surface area contributed by atoms with Crippen LogP contribution in [0.4, 0.5) is 0 Å². The summed E-state index contributed by atoms with van der Waals surface area (Å²) < 4.78 is 5.38. The lowest BCUT2D eigenvalue weighted by molar-refractivity contribution is -0.132. The fourth-order valence-corrected chi connectivity index (χ4v) is 4.06. The maximum atomic E-state index is 12.4. The lowest BCUT2D eigenvalue weighted by Crippen LogP contribution is -2.48. The van der Waals surface area contributed by atoms with E-state index in [0.717, 1.165) is 12.0 Å². The van der Waals surface area contributed by atoms with Gasteiger partial charge in [0.05, 0.1) is 0 Å². The minimum absolute atomic E-state index is 0.157. The van der Waals surface area contributed by atoms with Crippen molar-refractivity contribution >= 4 is 29.1 Å². The Morgan fingerprint density at radius 2 is 2.04 bits per heavy atom. The number of benzene rings is 1. The number of rotatable bonds is 8. The second-order valence-electron chi connectivity index (χ2n) is 6.84. The van der Waals surface area contributed by atoms with Gasteiger partial charge in [-0.3, -0.25) is 4.79 Å². The zero-order valence-corrected chi connectivity index (χ0v) is 16.3. The highest BCUT2D eigenvalue weighted by Gasteiger charge is 2.28. The third-order valence-corrected chi connectivity index (χ3v) is 5.53. The van der Waals surface area contributed by atoms with Gasteiger partial charge in [-0.1, -0.05) is 61.4 Å². The normalized spacial score (nSPS) is 17.9. The summed E-state index contributed by atoms with van der Waals surface area (Å²) >= 11 is 12.0. The van der Waals surface area contributed by atoms with E-state index in [4.69, 9.17) is 33.7 Å². The maximum absolute atomic E-state index is 12.4. The molecule has 1 amide bonds. The van der Waals surface area contributed by atoms with E-state index in [9.17, 15) is 4.79 Å². The maximum Gasteiger partial charge on any atom is 0.250 e. The Kier molecular flexibility index (Phi) is 8.50. The highest BCUT2D eigenvalue weighted by atomic mass is 35.5. The summed E-state index contributed by atoms with van der Waals surface area (Å²) in [5.41, 5.74) is 7.21. The van der Waals surface area contributed by atoms with E-state index >= 15 is 0 Å². The number of methoxy groups -OCH3 is 1. The molecule has 0 heterocycles. The van der Waals surface area contributed by atoms with E-state index in [1.165, 1.54) is 32.1 Å². The minimum atomic E-state index is -0.609. The first-order chi connectivity index (χ1) is 12.0. The molecule has 0 aliphatic heterocycles. The van der Waals surface area contributed by atoms with E-state index in [2.05, 4.69) is 5.32 Å². The van der Waals surface area contributed by atoms with Gasteiger partial charge in [0.2, 0.25) is 0 Å². The molecule has 1 aliphatic rings. The van der Waals surface area contributed by atoms with Crippen molar-refractivity contribution in [3.63, 3.8) is 0 Å². The molecule has 0 aromatic heterocycles. The Morgan fingerprint density at radius 3 is 2.68 bits per heavy atom. The molecule has 1 aromatic carbocycles. The first kappa shape index (κ1) is 20.5. The topological polar surface area (TPSA) is 64.3 Å². The molecule has 2 unspecified atom stereocenters. The van der Waals surface area contributed by atoms with Gasteiger partial charge in [0, 0.05) is 29.7 Å².